The molecule has 1 aliphatic rings. The van der Waals surface area contributed by atoms with E-state index in [1.54, 1.807) is 0 Å². The summed E-state index contributed by atoms with van der Waals surface area (Å²) in [6.45, 7) is 0. The van der Waals surface area contributed by atoms with Crippen molar-refractivity contribution in [1.82, 2.24) is 0 Å². The molecule has 0 atom stereocenters. The van der Waals surface area contributed by atoms with Gasteiger partial charge in [0.2, 0.25) is 5.78 Å². The van der Waals surface area contributed by atoms with Crippen molar-refractivity contribution in [3.05, 3.63) is 34.9 Å². The van der Waals surface area contributed by atoms with Gasteiger partial charge in [0.1, 0.15) is 0 Å². The van der Waals surface area contributed by atoms with Crippen molar-refractivity contribution in [1.29, 1.82) is 0 Å². The summed E-state index contributed by atoms with van der Waals surface area (Å²) in [6.07, 6.45) is -1.05. The summed E-state index contributed by atoms with van der Waals surface area (Å²) >= 11 is 0. The number of fused-ring (bicyclic) bond motifs is 1. The number of halogens is 4. The molecule has 0 aromatic heterocycles. The summed E-state index contributed by atoms with van der Waals surface area (Å²) in [5, 5.41) is 0. The van der Waals surface area contributed by atoms with E-state index in [9.17, 15) is 22.4 Å². The molecular weight excluding hydrogens is 200 g/mol. The van der Waals surface area contributed by atoms with Crippen LogP contribution in [0.15, 0.2) is 12.1 Å². The lowest BCUT2D eigenvalue weighted by Crippen LogP contribution is -2.23. The lowest BCUT2D eigenvalue weighted by Gasteiger charge is -2.02. The van der Waals surface area contributed by atoms with Crippen LogP contribution in [-0.2, 0) is 6.42 Å². The SMILES string of the molecule is O=C1c2ccc(F)c(F)c2CC1(F)F. The Hall–Kier alpha value is -1.39. The molecular formula is C9H4F4O. The predicted octanol–water partition coefficient (Wildman–Crippen LogP) is 2.34. The summed E-state index contributed by atoms with van der Waals surface area (Å²) in [5.41, 5.74) is -0.950. The van der Waals surface area contributed by atoms with E-state index in [2.05, 4.69) is 0 Å². The predicted molar refractivity (Wildman–Crippen MR) is 39.3 cm³/mol. The Morgan fingerprint density at radius 1 is 1.21 bits per heavy atom. The second kappa shape index (κ2) is 2.56. The van der Waals surface area contributed by atoms with E-state index in [4.69, 9.17) is 0 Å². The highest BCUT2D eigenvalue weighted by molar-refractivity contribution is 6.05. The Morgan fingerprint density at radius 3 is 2.50 bits per heavy atom. The van der Waals surface area contributed by atoms with Crippen LogP contribution in [0.25, 0.3) is 0 Å². The number of carbonyl (C=O) groups is 1. The van der Waals surface area contributed by atoms with Crippen LogP contribution in [-0.4, -0.2) is 11.7 Å². The molecule has 5 heteroatoms. The highest BCUT2D eigenvalue weighted by Crippen LogP contribution is 2.36. The Balaban J connectivity index is 2.65. The van der Waals surface area contributed by atoms with E-state index in [1.165, 1.54) is 0 Å². The van der Waals surface area contributed by atoms with Gasteiger partial charge in [0, 0.05) is 17.5 Å². The standard InChI is InChI=1S/C9H4F4O/c10-6-2-1-4-5(7(6)11)3-9(12,13)8(4)14/h1-2H,3H2. The van der Waals surface area contributed by atoms with Crippen LogP contribution in [0.1, 0.15) is 15.9 Å². The van der Waals surface area contributed by atoms with Crippen molar-refractivity contribution in [2.45, 2.75) is 12.3 Å². The van der Waals surface area contributed by atoms with Gasteiger partial charge in [-0.3, -0.25) is 4.79 Å². The lowest BCUT2D eigenvalue weighted by atomic mass is 10.1. The largest absolute Gasteiger partial charge is 0.313 e. The molecule has 1 aromatic rings. The second-order valence-corrected chi connectivity index (χ2v) is 3.10. The van der Waals surface area contributed by atoms with Gasteiger partial charge in [0.15, 0.2) is 11.6 Å². The number of benzene rings is 1. The number of Topliss-reactive ketones (excluding diaryl/α,β-unsaturated/α-hetero) is 1. The van der Waals surface area contributed by atoms with Gasteiger partial charge in [-0.15, -0.1) is 0 Å². The maximum absolute atomic E-state index is 13.0. The van der Waals surface area contributed by atoms with Gasteiger partial charge < -0.3 is 0 Å². The van der Waals surface area contributed by atoms with Crippen LogP contribution in [0, 0.1) is 11.6 Å². The highest BCUT2D eigenvalue weighted by atomic mass is 19.3. The number of hydrogen-bond donors (Lipinski definition) is 0. The number of carbonyl (C=O) groups excluding carboxylic acids is 1. The summed E-state index contributed by atoms with van der Waals surface area (Å²) in [4.78, 5) is 10.9. The van der Waals surface area contributed by atoms with E-state index in [0.717, 1.165) is 6.07 Å². The Labute approximate surface area is 76.3 Å². The first-order chi connectivity index (χ1) is 6.43. The van der Waals surface area contributed by atoms with Crippen molar-refractivity contribution < 1.29 is 22.4 Å². The number of rotatable bonds is 0. The monoisotopic (exact) mass is 204 g/mol. The Bertz CT molecular complexity index is 425. The minimum atomic E-state index is -3.60. The second-order valence-electron chi connectivity index (χ2n) is 3.10. The third-order valence-corrected chi connectivity index (χ3v) is 2.17. The maximum atomic E-state index is 13.0. The molecule has 1 nitrogen and oxygen atoms in total. The first-order valence-corrected chi connectivity index (χ1v) is 3.83. The van der Waals surface area contributed by atoms with E-state index in [0.29, 0.717) is 6.07 Å². The van der Waals surface area contributed by atoms with Crippen molar-refractivity contribution in [3.63, 3.8) is 0 Å². The smallest absolute Gasteiger partial charge is 0.287 e. The minimum Gasteiger partial charge on any atom is -0.287 e. The minimum absolute atomic E-state index is 0.422. The first-order valence-electron chi connectivity index (χ1n) is 3.83. The Kier molecular flexibility index (Phi) is 1.68. The molecule has 0 bridgehead atoms. The number of alkyl halides is 2. The average molecular weight is 204 g/mol. The average Bonchev–Trinajstić information content (AvgIpc) is 2.33. The molecule has 0 amide bonds. The molecule has 1 aromatic carbocycles. The molecule has 0 fully saturated rings. The molecule has 0 saturated carbocycles. The first kappa shape index (κ1) is 9.18. The van der Waals surface area contributed by atoms with E-state index in [1.807, 2.05) is 0 Å². The zero-order valence-corrected chi connectivity index (χ0v) is 6.78. The molecule has 2 rings (SSSR count). The summed E-state index contributed by atoms with van der Waals surface area (Å²) < 4.78 is 51.2. The van der Waals surface area contributed by atoms with Gasteiger partial charge >= 0.3 is 5.92 Å². The van der Waals surface area contributed by atoms with Crippen LogP contribution < -0.4 is 0 Å². The molecule has 0 radical (unpaired) electrons. The molecule has 0 spiro atoms. The molecule has 0 N–H and O–H groups in total. The number of hydrogen-bond acceptors (Lipinski definition) is 1. The maximum Gasteiger partial charge on any atom is 0.313 e. The van der Waals surface area contributed by atoms with E-state index in [-0.39, 0.29) is 0 Å². The topological polar surface area (TPSA) is 17.1 Å². The van der Waals surface area contributed by atoms with Crippen LogP contribution in [0.2, 0.25) is 0 Å². The summed E-state index contributed by atoms with van der Waals surface area (Å²) in [6, 6.07) is 1.56. The molecule has 0 aliphatic heterocycles. The molecule has 74 valence electrons. The molecule has 0 saturated heterocycles. The van der Waals surface area contributed by atoms with Crippen molar-refractivity contribution in [2.24, 2.45) is 0 Å². The normalized spacial score (nSPS) is 18.4. The molecule has 14 heavy (non-hydrogen) atoms. The van der Waals surface area contributed by atoms with E-state index < -0.39 is 40.9 Å². The zero-order valence-electron chi connectivity index (χ0n) is 6.78. The fourth-order valence-corrected chi connectivity index (χ4v) is 1.48. The quantitative estimate of drug-likeness (QED) is 0.593. The number of ketones is 1. The third kappa shape index (κ3) is 1.05. The van der Waals surface area contributed by atoms with Crippen molar-refractivity contribution in [2.75, 3.05) is 0 Å². The molecule has 1 aliphatic carbocycles. The fraction of sp³-hybridized carbons (Fsp3) is 0.222. The van der Waals surface area contributed by atoms with Gasteiger partial charge in [-0.25, -0.2) is 8.78 Å². The van der Waals surface area contributed by atoms with Crippen molar-refractivity contribution in [3.8, 4) is 0 Å². The molecule has 0 unspecified atom stereocenters. The molecule has 0 heterocycles. The summed E-state index contributed by atoms with van der Waals surface area (Å²) in [5.74, 6) is -7.61. The summed E-state index contributed by atoms with van der Waals surface area (Å²) in [7, 11) is 0. The van der Waals surface area contributed by atoms with Gasteiger partial charge in [-0.2, -0.15) is 8.78 Å². The zero-order chi connectivity index (χ0) is 10.5. The van der Waals surface area contributed by atoms with Gasteiger partial charge in [-0.1, -0.05) is 0 Å². The van der Waals surface area contributed by atoms with Crippen LogP contribution >= 0.6 is 0 Å². The van der Waals surface area contributed by atoms with Gasteiger partial charge in [-0.05, 0) is 12.1 Å². The van der Waals surface area contributed by atoms with Crippen LogP contribution in [0.4, 0.5) is 17.6 Å². The van der Waals surface area contributed by atoms with Crippen LogP contribution in [0.5, 0.6) is 0 Å². The fourth-order valence-electron chi connectivity index (χ4n) is 1.48. The van der Waals surface area contributed by atoms with Crippen molar-refractivity contribution >= 4 is 5.78 Å². The Morgan fingerprint density at radius 2 is 1.86 bits per heavy atom. The third-order valence-electron chi connectivity index (χ3n) is 2.17. The van der Waals surface area contributed by atoms with Crippen LogP contribution in [0.3, 0.4) is 0 Å². The van der Waals surface area contributed by atoms with Gasteiger partial charge in [0.25, 0.3) is 0 Å². The highest BCUT2D eigenvalue weighted by Gasteiger charge is 2.48. The lowest BCUT2D eigenvalue weighted by molar-refractivity contribution is 0.0165. The van der Waals surface area contributed by atoms with E-state index >= 15 is 0 Å². The van der Waals surface area contributed by atoms with Gasteiger partial charge in [0.05, 0.1) is 0 Å².